The van der Waals surface area contributed by atoms with Crippen molar-refractivity contribution in [2.24, 2.45) is 0 Å². The van der Waals surface area contributed by atoms with Gasteiger partial charge in [0.1, 0.15) is 29.8 Å². The molecular formula is C33H37ClFN7O3. The third-order valence-corrected chi connectivity index (χ3v) is 8.89. The first-order chi connectivity index (χ1) is 21.9. The molecule has 1 amide bonds. The van der Waals surface area contributed by atoms with Crippen molar-refractivity contribution in [3.63, 3.8) is 0 Å². The smallest absolute Gasteiger partial charge is 0.245 e. The molecule has 6 rings (SSSR count). The fourth-order valence-electron chi connectivity index (χ4n) is 6.02. The number of rotatable bonds is 10. The number of hydrogen-bond acceptors (Lipinski definition) is 8. The van der Waals surface area contributed by atoms with E-state index in [1.807, 2.05) is 18.3 Å². The Kier molecular flexibility index (Phi) is 9.58. The second-order valence-corrected chi connectivity index (χ2v) is 11.9. The Labute approximate surface area is 266 Å². The van der Waals surface area contributed by atoms with Crippen molar-refractivity contribution in [1.29, 1.82) is 0 Å². The van der Waals surface area contributed by atoms with Gasteiger partial charge in [0.15, 0.2) is 0 Å². The van der Waals surface area contributed by atoms with Gasteiger partial charge < -0.3 is 24.6 Å². The molecule has 0 radical (unpaired) electrons. The van der Waals surface area contributed by atoms with E-state index in [0.29, 0.717) is 54.7 Å². The van der Waals surface area contributed by atoms with Crippen LogP contribution in [-0.2, 0) is 9.53 Å². The van der Waals surface area contributed by atoms with Crippen LogP contribution < -0.4 is 10.1 Å². The number of carbonyl (C=O) groups excluding carboxylic acids is 1. The molecule has 0 bridgehead atoms. The van der Waals surface area contributed by atoms with Crippen molar-refractivity contribution >= 4 is 39.9 Å². The summed E-state index contributed by atoms with van der Waals surface area (Å²) in [6.07, 6.45) is 10.2. The lowest BCUT2D eigenvalue weighted by Gasteiger charge is -2.32. The van der Waals surface area contributed by atoms with Crippen molar-refractivity contribution in [2.75, 3.05) is 51.8 Å². The highest BCUT2D eigenvalue weighted by atomic mass is 35.5. The average Bonchev–Trinajstić information content (AvgIpc) is 3.56. The number of carbonyl (C=O) groups is 1. The number of hydrogen-bond donors (Lipinski definition) is 1. The maximum atomic E-state index is 13.8. The Hall–Kier alpha value is -4.06. The van der Waals surface area contributed by atoms with Gasteiger partial charge in [0.05, 0.1) is 29.4 Å². The lowest BCUT2D eigenvalue weighted by Crippen LogP contribution is -2.41. The van der Waals surface area contributed by atoms with Crippen molar-refractivity contribution in [3.8, 4) is 16.9 Å². The number of benzene rings is 2. The van der Waals surface area contributed by atoms with Crippen LogP contribution in [0.2, 0.25) is 5.02 Å². The third kappa shape index (κ3) is 7.11. The summed E-state index contributed by atoms with van der Waals surface area (Å²) in [6.45, 7) is 8.51. The molecule has 0 aliphatic carbocycles. The summed E-state index contributed by atoms with van der Waals surface area (Å²) >= 11 is 6.03. The number of nitrogens with zero attached hydrogens (tertiary/aromatic N) is 6. The largest absolute Gasteiger partial charge is 0.490 e. The number of nitrogens with one attached hydrogen (secondary N) is 1. The molecule has 12 heteroatoms. The van der Waals surface area contributed by atoms with Crippen LogP contribution >= 0.6 is 11.6 Å². The van der Waals surface area contributed by atoms with Gasteiger partial charge in [-0.1, -0.05) is 18.2 Å². The maximum Gasteiger partial charge on any atom is 0.245 e. The molecule has 45 heavy (non-hydrogen) atoms. The SMILES string of the molecule is C=CC(=O)N1CCC(Oc2cc3c(Nc4ccc(F)c(Cl)c4)ncnc3cc2-c2cnn(C3CCN(CCOC)CC3)c2)CC1. The highest BCUT2D eigenvalue weighted by molar-refractivity contribution is 6.31. The van der Waals surface area contributed by atoms with Gasteiger partial charge >= 0.3 is 0 Å². The minimum absolute atomic E-state index is 0.0172. The van der Waals surface area contributed by atoms with E-state index < -0.39 is 5.82 Å². The molecule has 4 aromatic rings. The maximum absolute atomic E-state index is 13.8. The lowest BCUT2D eigenvalue weighted by molar-refractivity contribution is -0.127. The first kappa shape index (κ1) is 30.9. The first-order valence-electron chi connectivity index (χ1n) is 15.3. The molecule has 2 aromatic heterocycles. The number of aromatic nitrogens is 4. The van der Waals surface area contributed by atoms with Crippen molar-refractivity contribution in [2.45, 2.75) is 37.8 Å². The number of ether oxygens (including phenoxy) is 2. The lowest BCUT2D eigenvalue weighted by atomic mass is 10.0. The number of piperidine rings is 2. The summed E-state index contributed by atoms with van der Waals surface area (Å²) in [4.78, 5) is 25.4. The van der Waals surface area contributed by atoms with Crippen LogP contribution in [0.1, 0.15) is 31.7 Å². The molecule has 2 aliphatic heterocycles. The molecule has 10 nitrogen and oxygen atoms in total. The van der Waals surface area contributed by atoms with Crippen LogP contribution in [0.25, 0.3) is 22.0 Å². The average molecular weight is 634 g/mol. The van der Waals surface area contributed by atoms with Gasteiger partial charge in [-0.05, 0) is 49.2 Å². The number of methoxy groups -OCH3 is 1. The number of likely N-dealkylation sites (tertiary alicyclic amines) is 2. The number of fused-ring (bicyclic) bond motifs is 1. The quantitative estimate of drug-likeness (QED) is 0.217. The zero-order valence-electron chi connectivity index (χ0n) is 25.3. The van der Waals surface area contributed by atoms with Gasteiger partial charge in [-0.2, -0.15) is 5.10 Å². The molecule has 2 aliphatic rings. The predicted octanol–water partition coefficient (Wildman–Crippen LogP) is 5.87. The molecule has 2 fully saturated rings. The molecule has 4 heterocycles. The van der Waals surface area contributed by atoms with Crippen LogP contribution in [0.5, 0.6) is 5.75 Å². The minimum atomic E-state index is -0.492. The minimum Gasteiger partial charge on any atom is -0.490 e. The summed E-state index contributed by atoms with van der Waals surface area (Å²) in [6, 6.07) is 8.70. The second kappa shape index (κ2) is 13.9. The van der Waals surface area contributed by atoms with E-state index >= 15 is 0 Å². The molecule has 0 unspecified atom stereocenters. The van der Waals surface area contributed by atoms with Crippen molar-refractivity contribution in [3.05, 3.63) is 72.5 Å². The Bertz CT molecular complexity index is 1670. The molecule has 2 saturated heterocycles. The van der Waals surface area contributed by atoms with Crippen LogP contribution in [0, 0.1) is 5.82 Å². The number of amides is 1. The zero-order chi connectivity index (χ0) is 31.3. The summed E-state index contributed by atoms with van der Waals surface area (Å²) < 4.78 is 27.8. The van der Waals surface area contributed by atoms with Crippen LogP contribution in [0.15, 0.2) is 61.7 Å². The Morgan fingerprint density at radius 1 is 1.13 bits per heavy atom. The number of anilines is 2. The van der Waals surface area contributed by atoms with Gasteiger partial charge in [0.2, 0.25) is 5.91 Å². The molecular weight excluding hydrogens is 597 g/mol. The van der Waals surface area contributed by atoms with Gasteiger partial charge in [0.25, 0.3) is 0 Å². The fraction of sp³-hybridized carbons (Fsp3) is 0.394. The zero-order valence-corrected chi connectivity index (χ0v) is 26.0. The summed E-state index contributed by atoms with van der Waals surface area (Å²) in [5, 5.41) is 8.79. The van der Waals surface area contributed by atoms with Crippen molar-refractivity contribution in [1.82, 2.24) is 29.5 Å². The highest BCUT2D eigenvalue weighted by Crippen LogP contribution is 2.38. The summed E-state index contributed by atoms with van der Waals surface area (Å²) in [7, 11) is 1.74. The molecule has 0 saturated carbocycles. The molecule has 0 spiro atoms. The van der Waals surface area contributed by atoms with Gasteiger partial charge in [-0.15, -0.1) is 0 Å². The van der Waals surface area contributed by atoms with Crippen LogP contribution in [-0.4, -0.2) is 88.0 Å². The number of halogens is 2. The molecule has 0 atom stereocenters. The normalized spacial score (nSPS) is 16.6. The fourth-order valence-corrected chi connectivity index (χ4v) is 6.20. The second-order valence-electron chi connectivity index (χ2n) is 11.5. The first-order valence-corrected chi connectivity index (χ1v) is 15.6. The molecule has 236 valence electrons. The third-order valence-electron chi connectivity index (χ3n) is 8.60. The molecule has 1 N–H and O–H groups in total. The van der Waals surface area contributed by atoms with E-state index in [1.165, 1.54) is 24.5 Å². The van der Waals surface area contributed by atoms with Crippen molar-refractivity contribution < 1.29 is 18.7 Å². The monoisotopic (exact) mass is 633 g/mol. The standard InChI is InChI=1S/C33H37ClFN7O3/c1-3-32(43)41-12-8-25(9-13-41)45-31-18-27-30(36-21-37-33(27)39-23-4-5-29(35)28(34)16-23)17-26(31)22-19-38-42(20-22)24-6-10-40(11-7-24)14-15-44-2/h3-5,16-21,24-25H,1,6-15H2,2H3,(H,36,37,39). The van der Waals surface area contributed by atoms with Gasteiger partial charge in [-0.25, -0.2) is 14.4 Å². The topological polar surface area (TPSA) is 97.6 Å². The molecule has 2 aromatic carbocycles. The Balaban J connectivity index is 1.30. The van der Waals surface area contributed by atoms with Crippen LogP contribution in [0.4, 0.5) is 15.9 Å². The van der Waals surface area contributed by atoms with Crippen LogP contribution in [0.3, 0.4) is 0 Å². The van der Waals surface area contributed by atoms with E-state index in [-0.39, 0.29) is 17.0 Å². The Morgan fingerprint density at radius 2 is 1.93 bits per heavy atom. The summed E-state index contributed by atoms with van der Waals surface area (Å²) in [5.74, 6) is 0.667. The predicted molar refractivity (Wildman–Crippen MR) is 172 cm³/mol. The van der Waals surface area contributed by atoms with E-state index in [1.54, 1.807) is 18.1 Å². The van der Waals surface area contributed by atoms with E-state index in [4.69, 9.17) is 26.2 Å². The van der Waals surface area contributed by atoms with Gasteiger partial charge in [0, 0.05) is 81.1 Å². The van der Waals surface area contributed by atoms with E-state index in [0.717, 1.165) is 55.6 Å². The van der Waals surface area contributed by atoms with Gasteiger partial charge in [-0.3, -0.25) is 9.48 Å². The summed E-state index contributed by atoms with van der Waals surface area (Å²) in [5.41, 5.74) is 3.13. The Morgan fingerprint density at radius 3 is 2.67 bits per heavy atom. The highest BCUT2D eigenvalue weighted by Gasteiger charge is 2.26. The van der Waals surface area contributed by atoms with E-state index in [9.17, 15) is 9.18 Å². The van der Waals surface area contributed by atoms with E-state index in [2.05, 4.69) is 37.6 Å².